The maximum absolute atomic E-state index is 12.9. The lowest BCUT2D eigenvalue weighted by atomic mass is 9.97. The number of piperidine rings is 1. The van der Waals surface area contributed by atoms with Crippen LogP contribution in [-0.2, 0) is 6.54 Å². The van der Waals surface area contributed by atoms with Crippen molar-refractivity contribution in [2.45, 2.75) is 26.3 Å². The highest BCUT2D eigenvalue weighted by atomic mass is 19.1. The number of rotatable bonds is 5. The van der Waals surface area contributed by atoms with Gasteiger partial charge in [0, 0.05) is 12.7 Å². The fraction of sp³-hybridized carbons (Fsp3) is 0.643. The fourth-order valence-corrected chi connectivity index (χ4v) is 2.48. The van der Waals surface area contributed by atoms with Crippen LogP contribution >= 0.6 is 0 Å². The van der Waals surface area contributed by atoms with E-state index < -0.39 is 0 Å². The molecule has 1 saturated heterocycles. The molecule has 0 aliphatic carbocycles. The van der Waals surface area contributed by atoms with Crippen molar-refractivity contribution in [3.63, 3.8) is 0 Å². The van der Waals surface area contributed by atoms with Crippen LogP contribution in [0, 0.1) is 11.7 Å². The topological polar surface area (TPSA) is 28.2 Å². The van der Waals surface area contributed by atoms with Gasteiger partial charge in [0.15, 0.2) is 0 Å². The molecule has 1 aromatic rings. The molecule has 3 nitrogen and oxygen atoms in total. The van der Waals surface area contributed by atoms with Crippen molar-refractivity contribution in [1.82, 2.24) is 15.2 Å². The number of hydrogen-bond donors (Lipinski definition) is 1. The Labute approximate surface area is 108 Å². The van der Waals surface area contributed by atoms with E-state index in [0.29, 0.717) is 6.54 Å². The summed E-state index contributed by atoms with van der Waals surface area (Å²) in [6.45, 7) is 7.53. The molecule has 0 atom stereocenters. The summed E-state index contributed by atoms with van der Waals surface area (Å²) in [5, 5.41) is 3.41. The molecule has 0 amide bonds. The minimum absolute atomic E-state index is 0.259. The molecule has 0 radical (unpaired) electrons. The predicted molar refractivity (Wildman–Crippen MR) is 70.7 cm³/mol. The van der Waals surface area contributed by atoms with Crippen molar-refractivity contribution in [3.8, 4) is 0 Å². The van der Waals surface area contributed by atoms with Crippen LogP contribution in [0.4, 0.5) is 4.39 Å². The molecule has 0 unspecified atom stereocenters. The zero-order valence-electron chi connectivity index (χ0n) is 11.0. The fourth-order valence-electron chi connectivity index (χ4n) is 2.48. The Hall–Kier alpha value is -1.00. The van der Waals surface area contributed by atoms with Crippen molar-refractivity contribution in [3.05, 3.63) is 29.8 Å². The SMILES string of the molecule is CCN1CCC(CNCc2cncc(F)c2)CC1. The first-order chi connectivity index (χ1) is 8.78. The normalized spacial score (nSPS) is 18.1. The maximum atomic E-state index is 12.9. The molecule has 1 N–H and O–H groups in total. The second kappa shape index (κ2) is 6.81. The molecule has 4 heteroatoms. The zero-order valence-corrected chi connectivity index (χ0v) is 11.0. The van der Waals surface area contributed by atoms with Crippen LogP contribution in [0.2, 0.25) is 0 Å². The molecule has 2 rings (SSSR count). The Bertz CT molecular complexity index is 362. The van der Waals surface area contributed by atoms with Gasteiger partial charge in [-0.15, -0.1) is 0 Å². The number of nitrogens with one attached hydrogen (secondary N) is 1. The van der Waals surface area contributed by atoms with E-state index in [2.05, 4.69) is 22.1 Å². The Balaban J connectivity index is 1.67. The van der Waals surface area contributed by atoms with E-state index in [1.165, 1.54) is 32.1 Å². The number of halogens is 1. The Morgan fingerprint density at radius 2 is 2.17 bits per heavy atom. The molecular formula is C14H22FN3. The summed E-state index contributed by atoms with van der Waals surface area (Å²) in [4.78, 5) is 6.34. The number of nitrogens with zero attached hydrogens (tertiary/aromatic N) is 2. The largest absolute Gasteiger partial charge is 0.312 e. The van der Waals surface area contributed by atoms with Crippen LogP contribution in [0.1, 0.15) is 25.3 Å². The lowest BCUT2D eigenvalue weighted by Gasteiger charge is -2.31. The molecule has 0 spiro atoms. The van der Waals surface area contributed by atoms with E-state index in [-0.39, 0.29) is 5.82 Å². The van der Waals surface area contributed by atoms with Crippen molar-refractivity contribution in [2.24, 2.45) is 5.92 Å². The van der Waals surface area contributed by atoms with Crippen molar-refractivity contribution >= 4 is 0 Å². The standard InChI is InChI=1S/C14H22FN3/c1-2-18-5-3-12(4-6-18)8-16-9-13-7-14(15)11-17-10-13/h7,10-12,16H,2-6,8-9H2,1H3. The van der Waals surface area contributed by atoms with E-state index in [4.69, 9.17) is 0 Å². The summed E-state index contributed by atoms with van der Waals surface area (Å²) in [7, 11) is 0. The lowest BCUT2D eigenvalue weighted by Crippen LogP contribution is -2.36. The molecular weight excluding hydrogens is 229 g/mol. The molecule has 2 heterocycles. The Morgan fingerprint density at radius 3 is 2.83 bits per heavy atom. The third-order valence-corrected chi connectivity index (χ3v) is 3.68. The minimum Gasteiger partial charge on any atom is -0.312 e. The van der Waals surface area contributed by atoms with Crippen LogP contribution in [-0.4, -0.2) is 36.1 Å². The van der Waals surface area contributed by atoms with Gasteiger partial charge in [0.25, 0.3) is 0 Å². The third kappa shape index (κ3) is 4.03. The van der Waals surface area contributed by atoms with Crippen LogP contribution in [0.25, 0.3) is 0 Å². The summed E-state index contributed by atoms with van der Waals surface area (Å²) < 4.78 is 12.9. The Kier molecular flexibility index (Phi) is 5.08. The van der Waals surface area contributed by atoms with Crippen molar-refractivity contribution in [1.29, 1.82) is 0 Å². The first kappa shape index (κ1) is 13.4. The van der Waals surface area contributed by atoms with Crippen LogP contribution in [0.15, 0.2) is 18.5 Å². The van der Waals surface area contributed by atoms with E-state index in [0.717, 1.165) is 24.6 Å². The average molecular weight is 251 g/mol. The van der Waals surface area contributed by atoms with E-state index in [1.54, 1.807) is 12.3 Å². The molecule has 1 aliphatic heterocycles. The number of hydrogen-bond acceptors (Lipinski definition) is 3. The zero-order chi connectivity index (χ0) is 12.8. The molecule has 0 bridgehead atoms. The number of likely N-dealkylation sites (tertiary alicyclic amines) is 1. The number of aromatic nitrogens is 1. The molecule has 1 aromatic heterocycles. The lowest BCUT2D eigenvalue weighted by molar-refractivity contribution is 0.190. The molecule has 1 aliphatic rings. The minimum atomic E-state index is -0.259. The number of pyridine rings is 1. The van der Waals surface area contributed by atoms with Gasteiger partial charge in [-0.3, -0.25) is 4.98 Å². The molecule has 100 valence electrons. The summed E-state index contributed by atoms with van der Waals surface area (Å²) in [6, 6.07) is 1.54. The molecule has 18 heavy (non-hydrogen) atoms. The third-order valence-electron chi connectivity index (χ3n) is 3.68. The van der Waals surface area contributed by atoms with Crippen LogP contribution in [0.5, 0.6) is 0 Å². The molecule has 1 fully saturated rings. The van der Waals surface area contributed by atoms with Gasteiger partial charge in [-0.05, 0) is 56.6 Å². The van der Waals surface area contributed by atoms with Crippen molar-refractivity contribution < 1.29 is 4.39 Å². The highest BCUT2D eigenvalue weighted by Crippen LogP contribution is 2.15. The summed E-state index contributed by atoms with van der Waals surface area (Å²) in [6.07, 6.45) is 5.49. The van der Waals surface area contributed by atoms with Gasteiger partial charge in [-0.25, -0.2) is 4.39 Å². The van der Waals surface area contributed by atoms with Crippen molar-refractivity contribution in [2.75, 3.05) is 26.2 Å². The van der Waals surface area contributed by atoms with E-state index in [9.17, 15) is 4.39 Å². The van der Waals surface area contributed by atoms with Gasteiger partial charge in [0.05, 0.1) is 6.20 Å². The van der Waals surface area contributed by atoms with Crippen LogP contribution in [0.3, 0.4) is 0 Å². The average Bonchev–Trinajstić information content (AvgIpc) is 2.40. The maximum Gasteiger partial charge on any atom is 0.141 e. The van der Waals surface area contributed by atoms with E-state index in [1.807, 2.05) is 0 Å². The van der Waals surface area contributed by atoms with E-state index >= 15 is 0 Å². The summed E-state index contributed by atoms with van der Waals surface area (Å²) >= 11 is 0. The van der Waals surface area contributed by atoms with Gasteiger partial charge < -0.3 is 10.2 Å². The molecule has 0 aromatic carbocycles. The second-order valence-corrected chi connectivity index (χ2v) is 5.02. The monoisotopic (exact) mass is 251 g/mol. The smallest absolute Gasteiger partial charge is 0.141 e. The Morgan fingerprint density at radius 1 is 1.39 bits per heavy atom. The van der Waals surface area contributed by atoms with Crippen LogP contribution < -0.4 is 5.32 Å². The second-order valence-electron chi connectivity index (χ2n) is 5.02. The van der Waals surface area contributed by atoms with Gasteiger partial charge >= 0.3 is 0 Å². The van der Waals surface area contributed by atoms with Gasteiger partial charge in [-0.2, -0.15) is 0 Å². The van der Waals surface area contributed by atoms with Gasteiger partial charge in [0.2, 0.25) is 0 Å². The van der Waals surface area contributed by atoms with Gasteiger partial charge in [-0.1, -0.05) is 6.92 Å². The summed E-state index contributed by atoms with van der Waals surface area (Å²) in [5.41, 5.74) is 0.918. The first-order valence-corrected chi connectivity index (χ1v) is 6.80. The predicted octanol–water partition coefficient (Wildman–Crippen LogP) is 2.04. The first-order valence-electron chi connectivity index (χ1n) is 6.80. The van der Waals surface area contributed by atoms with Gasteiger partial charge in [0.1, 0.15) is 5.82 Å². The highest BCUT2D eigenvalue weighted by Gasteiger charge is 2.17. The molecule has 0 saturated carbocycles. The highest BCUT2D eigenvalue weighted by molar-refractivity contribution is 5.09. The summed E-state index contributed by atoms with van der Waals surface area (Å²) in [5.74, 6) is 0.500. The quantitative estimate of drug-likeness (QED) is 0.868.